The van der Waals surface area contributed by atoms with Crippen molar-refractivity contribution in [2.45, 2.75) is 19.3 Å². The van der Waals surface area contributed by atoms with E-state index in [2.05, 4.69) is 21.4 Å². The zero-order valence-corrected chi connectivity index (χ0v) is 14.5. The van der Waals surface area contributed by atoms with E-state index in [1.807, 2.05) is 6.07 Å². The molecule has 120 valence electrons. The van der Waals surface area contributed by atoms with Gasteiger partial charge in [0.1, 0.15) is 21.5 Å². The Bertz CT molecular complexity index is 1030. The highest BCUT2D eigenvalue weighted by Gasteiger charge is 2.12. The number of thiophene rings is 1. The van der Waals surface area contributed by atoms with E-state index in [0.717, 1.165) is 17.4 Å². The summed E-state index contributed by atoms with van der Waals surface area (Å²) in [5.41, 5.74) is -0.366. The molecule has 0 amide bonds. The van der Waals surface area contributed by atoms with Crippen LogP contribution in [-0.2, 0) is 26.9 Å². The third-order valence-electron chi connectivity index (χ3n) is 3.79. The lowest BCUT2D eigenvalue weighted by Crippen LogP contribution is -2.37. The highest BCUT2D eigenvalue weighted by atomic mass is 32.1. The lowest BCUT2D eigenvalue weighted by atomic mass is 10.2. The standard InChI is InChI=1S/C15H16N4O2S2/c1-18-12-11(14(20)19(2)15(18)21)13(22)17-10(16-12)7-3-5-9-6-4-8-23-9/h4,6,8H,3,5,7H2,1-2H3,(H,16,17,22). The maximum Gasteiger partial charge on any atom is 0.332 e. The second-order valence-electron chi connectivity index (χ2n) is 5.35. The van der Waals surface area contributed by atoms with Gasteiger partial charge in [0.05, 0.1) is 0 Å². The Morgan fingerprint density at radius 3 is 2.74 bits per heavy atom. The Hall–Kier alpha value is -2.06. The average molecular weight is 348 g/mol. The fourth-order valence-corrected chi connectivity index (χ4v) is 3.58. The lowest BCUT2D eigenvalue weighted by molar-refractivity contribution is 0.698. The van der Waals surface area contributed by atoms with Crippen molar-refractivity contribution in [1.29, 1.82) is 0 Å². The van der Waals surface area contributed by atoms with Gasteiger partial charge in [0, 0.05) is 25.4 Å². The summed E-state index contributed by atoms with van der Waals surface area (Å²) in [5.74, 6) is 0.697. The second kappa shape index (κ2) is 6.21. The number of H-pyrrole nitrogens is 1. The molecule has 3 heterocycles. The molecule has 3 aromatic rings. The zero-order chi connectivity index (χ0) is 16.6. The molecule has 0 bridgehead atoms. The van der Waals surface area contributed by atoms with E-state index in [0.29, 0.717) is 17.9 Å². The first kappa shape index (κ1) is 15.8. The SMILES string of the molecule is Cn1c(=O)c2c(=S)nc(CCCc3cccs3)[nH]c2n(C)c1=O. The molecule has 0 aliphatic heterocycles. The number of nitrogens with zero attached hydrogens (tertiary/aromatic N) is 3. The first-order chi connectivity index (χ1) is 11.0. The highest BCUT2D eigenvalue weighted by Crippen LogP contribution is 2.13. The average Bonchev–Trinajstić information content (AvgIpc) is 3.03. The number of hydrogen-bond donors (Lipinski definition) is 1. The number of fused-ring (bicyclic) bond motifs is 1. The van der Waals surface area contributed by atoms with E-state index in [4.69, 9.17) is 12.2 Å². The summed E-state index contributed by atoms with van der Waals surface area (Å²) >= 11 is 6.99. The minimum absolute atomic E-state index is 0.237. The van der Waals surface area contributed by atoms with Gasteiger partial charge in [-0.2, -0.15) is 0 Å². The molecule has 0 aliphatic carbocycles. The Kier molecular flexibility index (Phi) is 4.27. The van der Waals surface area contributed by atoms with Gasteiger partial charge in [-0.3, -0.25) is 13.9 Å². The number of aromatic nitrogens is 4. The molecule has 1 N–H and O–H groups in total. The van der Waals surface area contributed by atoms with Gasteiger partial charge in [-0.25, -0.2) is 9.78 Å². The number of aryl methyl sites for hydroxylation is 3. The largest absolute Gasteiger partial charge is 0.332 e. The van der Waals surface area contributed by atoms with E-state index in [9.17, 15) is 9.59 Å². The van der Waals surface area contributed by atoms with Gasteiger partial charge in [0.25, 0.3) is 5.56 Å². The van der Waals surface area contributed by atoms with E-state index in [1.165, 1.54) is 16.5 Å². The van der Waals surface area contributed by atoms with Crippen LogP contribution in [0.1, 0.15) is 17.1 Å². The minimum atomic E-state index is -0.415. The summed E-state index contributed by atoms with van der Waals surface area (Å²) in [4.78, 5) is 33.0. The van der Waals surface area contributed by atoms with Gasteiger partial charge < -0.3 is 4.98 Å². The van der Waals surface area contributed by atoms with Crippen molar-refractivity contribution in [1.82, 2.24) is 19.1 Å². The molecule has 0 aromatic carbocycles. The molecule has 3 rings (SSSR count). The summed E-state index contributed by atoms with van der Waals surface area (Å²) in [6, 6.07) is 4.14. The van der Waals surface area contributed by atoms with Gasteiger partial charge in [-0.15, -0.1) is 11.3 Å². The van der Waals surface area contributed by atoms with E-state index in [-0.39, 0.29) is 15.7 Å². The third kappa shape index (κ3) is 2.91. The molecule has 23 heavy (non-hydrogen) atoms. The van der Waals surface area contributed by atoms with Crippen LogP contribution in [0, 0.1) is 4.64 Å². The molecule has 0 aliphatic rings. The molecule has 3 aromatic heterocycles. The van der Waals surface area contributed by atoms with Gasteiger partial charge in [-0.1, -0.05) is 18.3 Å². The predicted molar refractivity (Wildman–Crippen MR) is 93.8 cm³/mol. The maximum atomic E-state index is 12.2. The maximum absolute atomic E-state index is 12.2. The summed E-state index contributed by atoms with van der Waals surface area (Å²) in [7, 11) is 3.05. The Labute approximate surface area is 141 Å². The molecule has 6 nitrogen and oxygen atoms in total. The second-order valence-corrected chi connectivity index (χ2v) is 6.77. The minimum Gasteiger partial charge on any atom is -0.329 e. The summed E-state index contributed by atoms with van der Waals surface area (Å²) < 4.78 is 2.68. The van der Waals surface area contributed by atoms with Crippen LogP contribution in [0.4, 0.5) is 0 Å². The first-order valence-electron chi connectivity index (χ1n) is 7.20. The van der Waals surface area contributed by atoms with Crippen LogP contribution in [0.15, 0.2) is 27.1 Å². The molecule has 8 heteroatoms. The van der Waals surface area contributed by atoms with Gasteiger partial charge in [-0.05, 0) is 24.3 Å². The Balaban J connectivity index is 1.99. The Morgan fingerprint density at radius 1 is 1.26 bits per heavy atom. The van der Waals surface area contributed by atoms with Crippen LogP contribution in [0.2, 0.25) is 0 Å². The van der Waals surface area contributed by atoms with Crippen molar-refractivity contribution in [2.24, 2.45) is 14.1 Å². The van der Waals surface area contributed by atoms with Crippen LogP contribution in [0.3, 0.4) is 0 Å². The first-order valence-corrected chi connectivity index (χ1v) is 8.49. The number of hydrogen-bond acceptors (Lipinski definition) is 5. The van der Waals surface area contributed by atoms with Crippen LogP contribution in [-0.4, -0.2) is 19.1 Å². The fraction of sp³-hybridized carbons (Fsp3) is 0.333. The van der Waals surface area contributed by atoms with Gasteiger partial charge >= 0.3 is 5.69 Å². The predicted octanol–water partition coefficient (Wildman–Crippen LogP) is 1.93. The van der Waals surface area contributed by atoms with Crippen molar-refractivity contribution >= 4 is 34.6 Å². The molecular formula is C15H16N4O2S2. The molecule has 0 atom stereocenters. The molecule has 0 spiro atoms. The molecule has 0 unspecified atom stereocenters. The zero-order valence-electron chi connectivity index (χ0n) is 12.8. The van der Waals surface area contributed by atoms with E-state index in [1.54, 1.807) is 18.4 Å². The van der Waals surface area contributed by atoms with Crippen molar-refractivity contribution in [2.75, 3.05) is 0 Å². The molecule has 0 fully saturated rings. The smallest absolute Gasteiger partial charge is 0.329 e. The van der Waals surface area contributed by atoms with Crippen LogP contribution in [0.25, 0.3) is 11.0 Å². The summed E-state index contributed by atoms with van der Waals surface area (Å²) in [6.07, 6.45) is 2.59. The van der Waals surface area contributed by atoms with Crippen molar-refractivity contribution in [3.05, 3.63) is 53.7 Å². The molecule has 0 saturated carbocycles. The van der Waals surface area contributed by atoms with E-state index < -0.39 is 5.56 Å². The van der Waals surface area contributed by atoms with Crippen LogP contribution >= 0.6 is 23.6 Å². The van der Waals surface area contributed by atoms with Gasteiger partial charge in [0.2, 0.25) is 0 Å². The normalized spacial score (nSPS) is 11.2. The number of aromatic amines is 1. The molecule has 0 radical (unpaired) electrons. The van der Waals surface area contributed by atoms with Crippen molar-refractivity contribution in [3.63, 3.8) is 0 Å². The van der Waals surface area contributed by atoms with Crippen molar-refractivity contribution in [3.8, 4) is 0 Å². The van der Waals surface area contributed by atoms with Gasteiger partial charge in [0.15, 0.2) is 0 Å². The third-order valence-corrected chi connectivity index (χ3v) is 5.03. The number of nitrogens with one attached hydrogen (secondary N) is 1. The quantitative estimate of drug-likeness (QED) is 0.731. The lowest BCUT2D eigenvalue weighted by Gasteiger charge is -2.09. The summed E-state index contributed by atoms with van der Waals surface area (Å²) in [6.45, 7) is 0. The highest BCUT2D eigenvalue weighted by molar-refractivity contribution is 7.71. The van der Waals surface area contributed by atoms with Crippen molar-refractivity contribution < 1.29 is 0 Å². The van der Waals surface area contributed by atoms with E-state index >= 15 is 0 Å². The van der Waals surface area contributed by atoms with Crippen LogP contribution in [0.5, 0.6) is 0 Å². The van der Waals surface area contributed by atoms with Crippen LogP contribution < -0.4 is 11.2 Å². The summed E-state index contributed by atoms with van der Waals surface area (Å²) in [5, 5.41) is 2.34. The monoisotopic (exact) mass is 348 g/mol. The Morgan fingerprint density at radius 2 is 2.04 bits per heavy atom. The number of rotatable bonds is 4. The molecule has 0 saturated heterocycles. The topological polar surface area (TPSA) is 72.7 Å². The molecular weight excluding hydrogens is 332 g/mol. The fourth-order valence-electron chi connectivity index (χ4n) is 2.53.